The van der Waals surface area contributed by atoms with E-state index < -0.39 is 6.04 Å². The Balaban J connectivity index is 2.74. The van der Waals surface area contributed by atoms with Crippen LogP contribution in [-0.2, 0) is 4.79 Å². The number of likely N-dealkylation sites (N-methyl/N-ethyl adjacent to an activating group) is 1. The van der Waals surface area contributed by atoms with E-state index in [1.165, 1.54) is 0 Å². The Labute approximate surface area is 102 Å². The summed E-state index contributed by atoms with van der Waals surface area (Å²) in [6.45, 7) is 1.94. The van der Waals surface area contributed by atoms with Crippen LogP contribution in [0.3, 0.4) is 0 Å². The molecule has 90 valence electrons. The number of aromatic nitrogens is 1. The molecule has 1 amide bonds. The third-order valence-corrected chi connectivity index (χ3v) is 2.77. The largest absolute Gasteiger partial charge is 0.338 e. The van der Waals surface area contributed by atoms with Crippen LogP contribution in [0.4, 0.5) is 0 Å². The van der Waals surface area contributed by atoms with Gasteiger partial charge in [-0.25, -0.2) is 0 Å². The Morgan fingerprint density at radius 1 is 1.59 bits per heavy atom. The third kappa shape index (κ3) is 3.30. The summed E-state index contributed by atoms with van der Waals surface area (Å²) >= 11 is 0. The first-order valence-corrected chi connectivity index (χ1v) is 5.43. The zero-order valence-electron chi connectivity index (χ0n) is 10.1. The molecule has 1 heterocycles. The fourth-order valence-electron chi connectivity index (χ4n) is 1.53. The summed E-state index contributed by atoms with van der Waals surface area (Å²) in [5.41, 5.74) is 6.72. The summed E-state index contributed by atoms with van der Waals surface area (Å²) in [6, 6.07) is 3.08. The van der Waals surface area contributed by atoms with Crippen molar-refractivity contribution in [1.82, 2.24) is 9.88 Å². The van der Waals surface area contributed by atoms with Gasteiger partial charge in [0, 0.05) is 25.9 Å². The van der Waals surface area contributed by atoms with Crippen molar-refractivity contribution in [2.75, 3.05) is 7.05 Å². The van der Waals surface area contributed by atoms with Crippen LogP contribution in [0.25, 0.3) is 0 Å². The maximum Gasteiger partial charge on any atom is 0.240 e. The number of hydrogen-bond acceptors (Lipinski definition) is 3. The van der Waals surface area contributed by atoms with E-state index in [1.807, 2.05) is 19.1 Å². The van der Waals surface area contributed by atoms with Gasteiger partial charge in [0.15, 0.2) is 0 Å². The summed E-state index contributed by atoms with van der Waals surface area (Å²) in [7, 11) is 1.73. The lowest BCUT2D eigenvalue weighted by Gasteiger charge is -2.27. The van der Waals surface area contributed by atoms with Crippen molar-refractivity contribution >= 4 is 5.91 Å². The van der Waals surface area contributed by atoms with E-state index in [-0.39, 0.29) is 18.4 Å². The summed E-state index contributed by atoms with van der Waals surface area (Å²) in [5, 5.41) is 0. The molecule has 2 atom stereocenters. The Morgan fingerprint density at radius 3 is 2.71 bits per heavy atom. The molecule has 0 saturated heterocycles. The number of terminal acetylenes is 1. The standard InChI is InChI=1S/C13H17N3O/c1-4-5-12(14)13(17)16(3)10(2)11-6-8-15-9-7-11/h1,6-10,12H,5,14H2,2-3H3. The molecule has 0 aliphatic carbocycles. The van der Waals surface area contributed by atoms with Crippen LogP contribution < -0.4 is 5.73 Å². The lowest BCUT2D eigenvalue weighted by molar-refractivity contribution is -0.133. The zero-order chi connectivity index (χ0) is 12.8. The number of nitrogens with zero attached hydrogens (tertiary/aromatic N) is 2. The zero-order valence-corrected chi connectivity index (χ0v) is 10.1. The molecule has 4 heteroatoms. The van der Waals surface area contributed by atoms with Gasteiger partial charge in [-0.1, -0.05) is 0 Å². The lowest BCUT2D eigenvalue weighted by Crippen LogP contribution is -2.42. The molecule has 0 radical (unpaired) electrons. The minimum absolute atomic E-state index is 0.0469. The fourth-order valence-corrected chi connectivity index (χ4v) is 1.53. The minimum atomic E-state index is -0.630. The van der Waals surface area contributed by atoms with Gasteiger partial charge in [-0.15, -0.1) is 12.3 Å². The normalized spacial score (nSPS) is 13.5. The van der Waals surface area contributed by atoms with Crippen LogP contribution in [0, 0.1) is 12.3 Å². The maximum absolute atomic E-state index is 11.9. The topological polar surface area (TPSA) is 59.2 Å². The van der Waals surface area contributed by atoms with Crippen LogP contribution in [0.1, 0.15) is 24.9 Å². The number of pyridine rings is 1. The molecule has 2 unspecified atom stereocenters. The lowest BCUT2D eigenvalue weighted by atomic mass is 10.1. The van der Waals surface area contributed by atoms with Crippen LogP contribution >= 0.6 is 0 Å². The number of nitrogens with two attached hydrogens (primary N) is 1. The Hall–Kier alpha value is -1.86. The predicted molar refractivity (Wildman–Crippen MR) is 66.8 cm³/mol. The molecule has 4 nitrogen and oxygen atoms in total. The first-order valence-electron chi connectivity index (χ1n) is 5.43. The van der Waals surface area contributed by atoms with Crippen LogP contribution in [-0.4, -0.2) is 28.9 Å². The quantitative estimate of drug-likeness (QED) is 0.785. The van der Waals surface area contributed by atoms with Gasteiger partial charge in [0.05, 0.1) is 12.1 Å². The van der Waals surface area contributed by atoms with Crippen molar-refractivity contribution in [2.24, 2.45) is 5.73 Å². The second-order valence-electron chi connectivity index (χ2n) is 3.92. The highest BCUT2D eigenvalue weighted by atomic mass is 16.2. The Bertz CT molecular complexity index is 410. The van der Waals surface area contributed by atoms with Gasteiger partial charge in [0.1, 0.15) is 0 Å². The molecule has 2 N–H and O–H groups in total. The van der Waals surface area contributed by atoms with Crippen molar-refractivity contribution in [2.45, 2.75) is 25.4 Å². The summed E-state index contributed by atoms with van der Waals surface area (Å²) in [6.07, 6.45) is 8.80. The maximum atomic E-state index is 11.9. The number of rotatable bonds is 4. The average Bonchev–Trinajstić information content (AvgIpc) is 2.37. The van der Waals surface area contributed by atoms with Crippen LogP contribution in [0.5, 0.6) is 0 Å². The van der Waals surface area contributed by atoms with E-state index in [9.17, 15) is 4.79 Å². The number of amides is 1. The minimum Gasteiger partial charge on any atom is -0.338 e. The fraction of sp³-hybridized carbons (Fsp3) is 0.385. The van der Waals surface area contributed by atoms with Gasteiger partial charge < -0.3 is 10.6 Å². The first kappa shape index (κ1) is 13.2. The monoisotopic (exact) mass is 231 g/mol. The molecule has 0 saturated carbocycles. The average molecular weight is 231 g/mol. The van der Waals surface area contributed by atoms with Crippen molar-refractivity contribution in [3.05, 3.63) is 30.1 Å². The van der Waals surface area contributed by atoms with Crippen molar-refractivity contribution in [3.8, 4) is 12.3 Å². The van der Waals surface area contributed by atoms with Gasteiger partial charge in [-0.2, -0.15) is 0 Å². The molecule has 0 aliphatic rings. The SMILES string of the molecule is C#CCC(N)C(=O)N(C)C(C)c1ccncc1. The molecular weight excluding hydrogens is 214 g/mol. The van der Waals surface area contributed by atoms with Gasteiger partial charge >= 0.3 is 0 Å². The van der Waals surface area contributed by atoms with E-state index in [1.54, 1.807) is 24.3 Å². The summed E-state index contributed by atoms with van der Waals surface area (Å²) in [4.78, 5) is 17.5. The van der Waals surface area contributed by atoms with Crippen LogP contribution in [0.2, 0.25) is 0 Å². The third-order valence-electron chi connectivity index (χ3n) is 2.77. The van der Waals surface area contributed by atoms with Gasteiger partial charge in [-0.3, -0.25) is 9.78 Å². The molecule has 17 heavy (non-hydrogen) atoms. The van der Waals surface area contributed by atoms with Gasteiger partial charge in [0.2, 0.25) is 5.91 Å². The molecule has 0 aliphatic heterocycles. The highest BCUT2D eigenvalue weighted by Crippen LogP contribution is 2.18. The Kier molecular flexibility index (Phi) is 4.68. The molecule has 0 aromatic carbocycles. The van der Waals surface area contributed by atoms with Crippen LogP contribution in [0.15, 0.2) is 24.5 Å². The van der Waals surface area contributed by atoms with Crippen molar-refractivity contribution in [1.29, 1.82) is 0 Å². The smallest absolute Gasteiger partial charge is 0.240 e. The van der Waals surface area contributed by atoms with E-state index >= 15 is 0 Å². The molecular formula is C13H17N3O. The van der Waals surface area contributed by atoms with E-state index in [4.69, 9.17) is 12.2 Å². The number of carbonyl (C=O) groups excluding carboxylic acids is 1. The molecule has 0 bridgehead atoms. The van der Waals surface area contributed by atoms with Gasteiger partial charge in [-0.05, 0) is 24.6 Å². The highest BCUT2D eigenvalue weighted by Gasteiger charge is 2.22. The number of carbonyl (C=O) groups is 1. The second kappa shape index (κ2) is 6.02. The first-order chi connectivity index (χ1) is 8.07. The Morgan fingerprint density at radius 2 is 2.18 bits per heavy atom. The summed E-state index contributed by atoms with van der Waals surface area (Å²) in [5.74, 6) is 2.25. The molecule has 1 aromatic heterocycles. The molecule has 1 rings (SSSR count). The highest BCUT2D eigenvalue weighted by molar-refractivity contribution is 5.82. The molecule has 0 spiro atoms. The molecule has 0 fully saturated rings. The number of hydrogen-bond donors (Lipinski definition) is 1. The van der Waals surface area contributed by atoms with E-state index in [0.717, 1.165) is 5.56 Å². The summed E-state index contributed by atoms with van der Waals surface area (Å²) < 4.78 is 0. The van der Waals surface area contributed by atoms with Crippen molar-refractivity contribution < 1.29 is 4.79 Å². The van der Waals surface area contributed by atoms with E-state index in [0.29, 0.717) is 0 Å². The second-order valence-corrected chi connectivity index (χ2v) is 3.92. The predicted octanol–water partition coefficient (Wildman–Crippen LogP) is 0.952. The van der Waals surface area contributed by atoms with E-state index in [2.05, 4.69) is 10.9 Å². The molecule has 1 aromatic rings. The van der Waals surface area contributed by atoms with Crippen molar-refractivity contribution in [3.63, 3.8) is 0 Å². The van der Waals surface area contributed by atoms with Gasteiger partial charge in [0.25, 0.3) is 0 Å².